The van der Waals surface area contributed by atoms with Crippen molar-refractivity contribution in [3.63, 3.8) is 0 Å². The molecule has 6 heteroatoms. The molecular weight excluding hydrogens is 292 g/mol. The summed E-state index contributed by atoms with van der Waals surface area (Å²) >= 11 is 0. The van der Waals surface area contributed by atoms with E-state index in [9.17, 15) is 4.79 Å². The zero-order chi connectivity index (χ0) is 13.8. The van der Waals surface area contributed by atoms with Crippen molar-refractivity contribution >= 4 is 16.9 Å². The number of furan rings is 1. The van der Waals surface area contributed by atoms with Crippen LogP contribution in [0.25, 0.3) is 11.0 Å². The van der Waals surface area contributed by atoms with Gasteiger partial charge in [0.25, 0.3) is 5.91 Å². The summed E-state index contributed by atoms with van der Waals surface area (Å²) in [5, 5.41) is 3.84. The van der Waals surface area contributed by atoms with Gasteiger partial charge in [0.05, 0.1) is 13.2 Å². The number of fused-ring (bicyclic) bond motifs is 1. The van der Waals surface area contributed by atoms with Crippen LogP contribution in [0.2, 0.25) is 0 Å². The minimum atomic E-state index is -0.158. The van der Waals surface area contributed by atoms with Gasteiger partial charge in [0.1, 0.15) is 5.58 Å². The fourth-order valence-corrected chi connectivity index (χ4v) is 2.33. The highest BCUT2D eigenvalue weighted by Gasteiger charge is 2.13. The van der Waals surface area contributed by atoms with Crippen molar-refractivity contribution in [3.8, 4) is 0 Å². The number of amides is 1. The molecule has 2 aromatic rings. The largest absolute Gasteiger partial charge is 1.00 e. The number of halogens is 1. The highest BCUT2D eigenvalue weighted by molar-refractivity contribution is 5.96. The van der Waals surface area contributed by atoms with Gasteiger partial charge in [-0.05, 0) is 12.1 Å². The molecule has 1 fully saturated rings. The molecule has 1 amide bonds. The highest BCUT2D eigenvalue weighted by atomic mass is 35.5. The molecule has 1 aromatic heterocycles. The molecule has 5 nitrogen and oxygen atoms in total. The topological polar surface area (TPSA) is 54.7 Å². The molecule has 0 saturated carbocycles. The Morgan fingerprint density at radius 2 is 2.00 bits per heavy atom. The van der Waals surface area contributed by atoms with Crippen molar-refractivity contribution < 1.29 is 26.4 Å². The molecule has 1 aliphatic rings. The second kappa shape index (κ2) is 7.45. The number of morpholine rings is 1. The molecule has 1 saturated heterocycles. The van der Waals surface area contributed by atoms with E-state index in [1.165, 1.54) is 0 Å². The average molecular weight is 310 g/mol. The van der Waals surface area contributed by atoms with E-state index in [4.69, 9.17) is 9.15 Å². The minimum Gasteiger partial charge on any atom is -1.00 e. The van der Waals surface area contributed by atoms with Crippen molar-refractivity contribution in [3.05, 3.63) is 36.1 Å². The van der Waals surface area contributed by atoms with Crippen LogP contribution < -0.4 is 17.7 Å². The smallest absolute Gasteiger partial charge is 0.287 e. The lowest BCUT2D eigenvalue weighted by atomic mass is 10.2. The molecular formula is C15H18ClN2O3-. The predicted octanol–water partition coefficient (Wildman–Crippen LogP) is -1.50. The number of hydrogen-bond donors (Lipinski definition) is 1. The standard InChI is InChI=1S/C15H18N2O3.ClH/c18-15(16-5-6-17-7-9-19-10-8-17)14-11-12-3-1-2-4-13(12)20-14;/h1-4,11H,5-10H2,(H,16,18);1H/p-1. The molecule has 2 heterocycles. The van der Waals surface area contributed by atoms with Crippen LogP contribution in [0, 0.1) is 0 Å². The maximum absolute atomic E-state index is 12.0. The van der Waals surface area contributed by atoms with E-state index in [0.29, 0.717) is 12.3 Å². The summed E-state index contributed by atoms with van der Waals surface area (Å²) in [5.74, 6) is 0.211. The van der Waals surface area contributed by atoms with E-state index < -0.39 is 0 Å². The van der Waals surface area contributed by atoms with Gasteiger partial charge in [-0.25, -0.2) is 0 Å². The van der Waals surface area contributed by atoms with Crippen molar-refractivity contribution in [1.29, 1.82) is 0 Å². The molecule has 0 radical (unpaired) electrons. The summed E-state index contributed by atoms with van der Waals surface area (Å²) in [6.45, 7) is 4.88. The number of para-hydroxylation sites is 1. The van der Waals surface area contributed by atoms with Crippen LogP contribution in [0.1, 0.15) is 10.6 Å². The first-order chi connectivity index (χ1) is 9.83. The van der Waals surface area contributed by atoms with Gasteiger partial charge in [-0.2, -0.15) is 0 Å². The van der Waals surface area contributed by atoms with Crippen LogP contribution in [0.5, 0.6) is 0 Å². The molecule has 0 atom stereocenters. The summed E-state index contributed by atoms with van der Waals surface area (Å²) in [6.07, 6.45) is 0. The van der Waals surface area contributed by atoms with Crippen LogP contribution in [-0.2, 0) is 4.74 Å². The van der Waals surface area contributed by atoms with Crippen LogP contribution in [0.3, 0.4) is 0 Å². The van der Waals surface area contributed by atoms with E-state index in [0.717, 1.165) is 43.8 Å². The van der Waals surface area contributed by atoms with Crippen LogP contribution >= 0.6 is 0 Å². The SMILES string of the molecule is O=C(NCCN1CCOCC1)c1cc2ccccc2o1.[Cl-]. The number of rotatable bonds is 4. The van der Waals surface area contributed by atoms with Gasteiger partial charge in [0.2, 0.25) is 0 Å². The molecule has 1 aliphatic heterocycles. The number of benzene rings is 1. The van der Waals surface area contributed by atoms with Crippen LogP contribution in [-0.4, -0.2) is 50.2 Å². The van der Waals surface area contributed by atoms with Gasteiger partial charge in [-0.15, -0.1) is 0 Å². The maximum Gasteiger partial charge on any atom is 0.287 e. The Morgan fingerprint density at radius 1 is 1.24 bits per heavy atom. The third-order valence-corrected chi connectivity index (χ3v) is 3.47. The van der Waals surface area contributed by atoms with E-state index in [1.807, 2.05) is 24.3 Å². The number of carbonyl (C=O) groups excluding carboxylic acids is 1. The van der Waals surface area contributed by atoms with E-state index in [2.05, 4.69) is 10.2 Å². The summed E-state index contributed by atoms with van der Waals surface area (Å²) < 4.78 is 10.8. The van der Waals surface area contributed by atoms with Crippen molar-refractivity contribution in [2.24, 2.45) is 0 Å². The molecule has 3 rings (SSSR count). The Labute approximate surface area is 129 Å². The zero-order valence-electron chi connectivity index (χ0n) is 11.7. The fourth-order valence-electron chi connectivity index (χ4n) is 2.33. The van der Waals surface area contributed by atoms with Gasteiger partial charge in [-0.1, -0.05) is 18.2 Å². The Morgan fingerprint density at radius 3 is 2.76 bits per heavy atom. The second-order valence-corrected chi connectivity index (χ2v) is 4.86. The molecule has 21 heavy (non-hydrogen) atoms. The van der Waals surface area contributed by atoms with Crippen LogP contribution in [0.15, 0.2) is 34.7 Å². The zero-order valence-corrected chi connectivity index (χ0v) is 12.4. The van der Waals surface area contributed by atoms with E-state index in [-0.39, 0.29) is 18.3 Å². The van der Waals surface area contributed by atoms with E-state index in [1.54, 1.807) is 6.07 Å². The Hall–Kier alpha value is -1.56. The maximum atomic E-state index is 12.0. The number of ether oxygens (including phenoxy) is 1. The Balaban J connectivity index is 0.00000161. The van der Waals surface area contributed by atoms with Gasteiger partial charge >= 0.3 is 0 Å². The Kier molecular flexibility index (Phi) is 5.61. The molecule has 1 aromatic carbocycles. The number of nitrogens with zero attached hydrogens (tertiary/aromatic N) is 1. The van der Waals surface area contributed by atoms with Crippen molar-refractivity contribution in [2.45, 2.75) is 0 Å². The monoisotopic (exact) mass is 309 g/mol. The highest BCUT2D eigenvalue weighted by Crippen LogP contribution is 2.18. The molecule has 1 N–H and O–H groups in total. The normalized spacial score (nSPS) is 15.6. The van der Waals surface area contributed by atoms with Gasteiger partial charge in [0, 0.05) is 31.6 Å². The van der Waals surface area contributed by atoms with Gasteiger partial charge in [0.15, 0.2) is 5.76 Å². The predicted molar refractivity (Wildman–Crippen MR) is 75.8 cm³/mol. The molecule has 0 unspecified atom stereocenters. The lowest BCUT2D eigenvalue weighted by Gasteiger charge is -2.26. The first kappa shape index (κ1) is 15.8. The van der Waals surface area contributed by atoms with Crippen molar-refractivity contribution in [2.75, 3.05) is 39.4 Å². The fraction of sp³-hybridized carbons (Fsp3) is 0.400. The lowest BCUT2D eigenvalue weighted by Crippen LogP contribution is -3.00. The number of hydrogen-bond acceptors (Lipinski definition) is 4. The van der Waals surface area contributed by atoms with Crippen LogP contribution in [0.4, 0.5) is 0 Å². The summed E-state index contributed by atoms with van der Waals surface area (Å²) in [5.41, 5.74) is 0.742. The minimum absolute atomic E-state index is 0. The Bertz CT molecular complexity index is 560. The summed E-state index contributed by atoms with van der Waals surface area (Å²) in [6, 6.07) is 9.40. The van der Waals surface area contributed by atoms with Gasteiger partial charge < -0.3 is 26.9 Å². The van der Waals surface area contributed by atoms with E-state index >= 15 is 0 Å². The summed E-state index contributed by atoms with van der Waals surface area (Å²) in [7, 11) is 0. The number of nitrogens with one attached hydrogen (secondary N) is 1. The van der Waals surface area contributed by atoms with Crippen molar-refractivity contribution in [1.82, 2.24) is 10.2 Å². The molecule has 0 aliphatic carbocycles. The lowest BCUT2D eigenvalue weighted by molar-refractivity contribution is -0.0000147. The average Bonchev–Trinajstić information content (AvgIpc) is 2.92. The summed E-state index contributed by atoms with van der Waals surface area (Å²) in [4.78, 5) is 14.3. The quantitative estimate of drug-likeness (QED) is 0.747. The third kappa shape index (κ3) is 3.97. The third-order valence-electron chi connectivity index (χ3n) is 3.47. The first-order valence-electron chi connectivity index (χ1n) is 6.90. The number of carbonyl (C=O) groups is 1. The second-order valence-electron chi connectivity index (χ2n) is 4.86. The van der Waals surface area contributed by atoms with Gasteiger partial charge in [-0.3, -0.25) is 9.69 Å². The molecule has 0 bridgehead atoms. The first-order valence-corrected chi connectivity index (χ1v) is 6.90. The molecule has 0 spiro atoms. The molecule has 114 valence electrons.